The lowest BCUT2D eigenvalue weighted by Crippen LogP contribution is -2.32. The highest BCUT2D eigenvalue weighted by Gasteiger charge is 2.15. The molecule has 3 heterocycles. The Morgan fingerprint density at radius 1 is 1.00 bits per heavy atom. The predicted octanol–water partition coefficient (Wildman–Crippen LogP) is 3.64. The first-order valence-electron chi connectivity index (χ1n) is 10.3. The van der Waals surface area contributed by atoms with E-state index >= 15 is 0 Å². The molecule has 8 nitrogen and oxygen atoms in total. The third-order valence-electron chi connectivity index (χ3n) is 5.59. The number of ether oxygens (including phenoxy) is 1. The molecule has 1 aliphatic heterocycles. The van der Waals surface area contributed by atoms with Crippen molar-refractivity contribution in [1.29, 1.82) is 0 Å². The Bertz CT molecular complexity index is 1150. The van der Waals surface area contributed by atoms with E-state index in [0.717, 1.165) is 41.0 Å². The number of aromatic nitrogens is 5. The van der Waals surface area contributed by atoms with Gasteiger partial charge in [-0.2, -0.15) is 4.98 Å². The number of rotatable bonds is 6. The lowest BCUT2D eigenvalue weighted by Gasteiger charge is -2.26. The summed E-state index contributed by atoms with van der Waals surface area (Å²) in [5, 5.41) is 12.8. The molecular formula is C22H24N6O2. The third kappa shape index (κ3) is 3.78. The average molecular weight is 404 g/mol. The largest absolute Gasteiger partial charge is 0.497 e. The summed E-state index contributed by atoms with van der Waals surface area (Å²) in [4.78, 5) is 7.05. The minimum absolute atomic E-state index is 0.453. The van der Waals surface area contributed by atoms with Gasteiger partial charge in [-0.1, -0.05) is 22.9 Å². The number of likely N-dealkylation sites (tertiary alicyclic amines) is 1. The lowest BCUT2D eigenvalue weighted by atomic mass is 10.1. The van der Waals surface area contributed by atoms with Crippen molar-refractivity contribution in [3.63, 3.8) is 0 Å². The highest BCUT2D eigenvalue weighted by molar-refractivity contribution is 5.80. The summed E-state index contributed by atoms with van der Waals surface area (Å²) < 4.78 is 12.7. The van der Waals surface area contributed by atoms with Crippen molar-refractivity contribution in [2.24, 2.45) is 0 Å². The summed E-state index contributed by atoms with van der Waals surface area (Å²) in [6.07, 6.45) is 3.94. The molecule has 5 rings (SSSR count). The maximum Gasteiger partial charge on any atom is 0.258 e. The summed E-state index contributed by atoms with van der Waals surface area (Å²) in [5.74, 6) is 1.72. The monoisotopic (exact) mass is 404 g/mol. The van der Waals surface area contributed by atoms with Gasteiger partial charge in [-0.25, -0.2) is 4.68 Å². The Morgan fingerprint density at radius 2 is 1.90 bits per heavy atom. The van der Waals surface area contributed by atoms with E-state index in [1.165, 1.54) is 32.4 Å². The topological polar surface area (TPSA) is 82.1 Å². The van der Waals surface area contributed by atoms with Crippen LogP contribution in [0.2, 0.25) is 0 Å². The van der Waals surface area contributed by atoms with Gasteiger partial charge in [0.1, 0.15) is 11.3 Å². The van der Waals surface area contributed by atoms with Gasteiger partial charge in [-0.3, -0.25) is 0 Å². The molecule has 0 unspecified atom stereocenters. The van der Waals surface area contributed by atoms with Gasteiger partial charge in [0.15, 0.2) is 0 Å². The molecule has 4 aromatic rings. The number of fused-ring (bicyclic) bond motifs is 1. The van der Waals surface area contributed by atoms with Gasteiger partial charge in [0.05, 0.1) is 19.2 Å². The van der Waals surface area contributed by atoms with Crippen molar-refractivity contribution in [3.05, 3.63) is 42.5 Å². The van der Waals surface area contributed by atoms with E-state index in [-0.39, 0.29) is 0 Å². The highest BCUT2D eigenvalue weighted by atomic mass is 16.5. The quantitative estimate of drug-likeness (QED) is 0.485. The molecule has 0 atom stereocenters. The summed E-state index contributed by atoms with van der Waals surface area (Å²) in [7, 11) is 1.63. The zero-order valence-electron chi connectivity index (χ0n) is 17.0. The van der Waals surface area contributed by atoms with Gasteiger partial charge in [-0.15, -0.1) is 5.10 Å². The molecule has 1 saturated heterocycles. The summed E-state index contributed by atoms with van der Waals surface area (Å²) >= 11 is 0. The number of piperidine rings is 1. The van der Waals surface area contributed by atoms with E-state index < -0.39 is 0 Å². The van der Waals surface area contributed by atoms with E-state index in [4.69, 9.17) is 9.26 Å². The van der Waals surface area contributed by atoms with Crippen LogP contribution in [0.15, 0.2) is 47.0 Å². The van der Waals surface area contributed by atoms with Crippen LogP contribution in [0.1, 0.15) is 19.3 Å². The molecule has 30 heavy (non-hydrogen) atoms. The molecule has 0 amide bonds. The van der Waals surface area contributed by atoms with Gasteiger partial charge in [0.2, 0.25) is 5.82 Å². The van der Waals surface area contributed by atoms with E-state index in [1.54, 1.807) is 7.11 Å². The number of nitrogens with zero attached hydrogens (tertiary/aromatic N) is 6. The number of hydrogen-bond acceptors (Lipinski definition) is 7. The van der Waals surface area contributed by atoms with Crippen LogP contribution in [0.4, 0.5) is 0 Å². The Morgan fingerprint density at radius 3 is 2.77 bits per heavy atom. The van der Waals surface area contributed by atoms with Crippen molar-refractivity contribution < 1.29 is 9.26 Å². The van der Waals surface area contributed by atoms with Crippen molar-refractivity contribution >= 4 is 11.0 Å². The minimum Gasteiger partial charge on any atom is -0.497 e. The van der Waals surface area contributed by atoms with Crippen LogP contribution in [-0.2, 0) is 6.54 Å². The predicted molar refractivity (Wildman–Crippen MR) is 113 cm³/mol. The van der Waals surface area contributed by atoms with Crippen LogP contribution in [0.3, 0.4) is 0 Å². The smallest absolute Gasteiger partial charge is 0.258 e. The molecule has 2 aromatic heterocycles. The highest BCUT2D eigenvalue weighted by Crippen LogP contribution is 2.26. The molecule has 1 aliphatic rings. The molecule has 154 valence electrons. The molecule has 0 spiro atoms. The summed E-state index contributed by atoms with van der Waals surface area (Å²) in [6, 6.07) is 13.5. The van der Waals surface area contributed by atoms with E-state index in [9.17, 15) is 0 Å². The Hall–Kier alpha value is -3.26. The van der Waals surface area contributed by atoms with Crippen LogP contribution in [0.25, 0.3) is 33.9 Å². The first-order valence-corrected chi connectivity index (χ1v) is 10.3. The molecule has 8 heteroatoms. The molecule has 1 fully saturated rings. The van der Waals surface area contributed by atoms with Crippen LogP contribution in [0, 0.1) is 0 Å². The molecule has 0 radical (unpaired) electrons. The van der Waals surface area contributed by atoms with Gasteiger partial charge in [0.25, 0.3) is 5.89 Å². The Labute approximate surface area is 174 Å². The van der Waals surface area contributed by atoms with Crippen LogP contribution < -0.4 is 4.74 Å². The number of methoxy groups -OCH3 is 1. The number of benzene rings is 2. The normalized spacial score (nSPS) is 15.0. The number of hydrogen-bond donors (Lipinski definition) is 0. The van der Waals surface area contributed by atoms with Crippen molar-refractivity contribution in [1.82, 2.24) is 30.0 Å². The maximum atomic E-state index is 5.46. The SMILES string of the molecule is COc1cccc(-c2nc(-c3ccc4c(c3)nnn4CCN3CCCCC3)no2)c1. The zero-order chi connectivity index (χ0) is 20.3. The zero-order valence-corrected chi connectivity index (χ0v) is 17.0. The fourth-order valence-electron chi connectivity index (χ4n) is 3.91. The molecule has 2 aromatic carbocycles. The van der Waals surface area contributed by atoms with E-state index in [1.807, 2.05) is 47.1 Å². The second-order valence-electron chi connectivity index (χ2n) is 7.57. The van der Waals surface area contributed by atoms with Crippen LogP contribution >= 0.6 is 0 Å². The van der Waals surface area contributed by atoms with Crippen molar-refractivity contribution in [2.45, 2.75) is 25.8 Å². The molecule has 0 saturated carbocycles. The van der Waals surface area contributed by atoms with Crippen LogP contribution in [0.5, 0.6) is 5.75 Å². The fraction of sp³-hybridized carbons (Fsp3) is 0.364. The second kappa shape index (κ2) is 8.23. The fourth-order valence-corrected chi connectivity index (χ4v) is 3.91. The Balaban J connectivity index is 1.35. The first-order chi connectivity index (χ1) is 14.8. The summed E-state index contributed by atoms with van der Waals surface area (Å²) in [5.41, 5.74) is 3.52. The first kappa shape index (κ1) is 18.7. The van der Waals surface area contributed by atoms with Gasteiger partial charge in [-0.05, 0) is 62.3 Å². The minimum atomic E-state index is 0.453. The second-order valence-corrected chi connectivity index (χ2v) is 7.57. The Kier molecular flexibility index (Phi) is 5.15. The van der Waals surface area contributed by atoms with Gasteiger partial charge < -0.3 is 14.2 Å². The summed E-state index contributed by atoms with van der Waals surface area (Å²) in [6.45, 7) is 4.22. The molecular weight excluding hydrogens is 380 g/mol. The van der Waals surface area contributed by atoms with E-state index in [0.29, 0.717) is 11.7 Å². The lowest BCUT2D eigenvalue weighted by molar-refractivity contribution is 0.218. The average Bonchev–Trinajstić information content (AvgIpc) is 3.45. The maximum absolute atomic E-state index is 5.46. The van der Waals surface area contributed by atoms with Crippen molar-refractivity contribution in [3.8, 4) is 28.6 Å². The van der Waals surface area contributed by atoms with Gasteiger partial charge in [0, 0.05) is 17.7 Å². The van der Waals surface area contributed by atoms with Gasteiger partial charge >= 0.3 is 0 Å². The molecule has 0 aliphatic carbocycles. The standard InChI is InChI=1S/C22H24N6O2/c1-29-18-7-5-6-17(14-18)22-23-21(25-30-22)16-8-9-20-19(15-16)24-26-28(20)13-12-27-10-3-2-4-11-27/h5-9,14-15H,2-4,10-13H2,1H3. The van der Waals surface area contributed by atoms with Crippen molar-refractivity contribution in [2.75, 3.05) is 26.7 Å². The third-order valence-corrected chi connectivity index (χ3v) is 5.59. The van der Waals surface area contributed by atoms with Crippen LogP contribution in [-0.4, -0.2) is 56.8 Å². The molecule has 0 N–H and O–H groups in total. The molecule has 0 bridgehead atoms. The van der Waals surface area contributed by atoms with E-state index in [2.05, 4.69) is 25.4 Å².